The average molecular weight is 1060 g/mol. The van der Waals surface area contributed by atoms with E-state index < -0.39 is 6.10 Å². The molecule has 0 aromatic heterocycles. The molecule has 438 valence electrons. The van der Waals surface area contributed by atoms with Gasteiger partial charge in [-0.25, -0.2) is 0 Å². The van der Waals surface area contributed by atoms with Crippen molar-refractivity contribution in [3.63, 3.8) is 0 Å². The van der Waals surface area contributed by atoms with E-state index in [0.29, 0.717) is 12.8 Å². The lowest BCUT2D eigenvalue weighted by Crippen LogP contribution is -2.30. The molecule has 0 radical (unpaired) electrons. The Kier molecular flexibility index (Phi) is 61.2. The van der Waals surface area contributed by atoms with Gasteiger partial charge >= 0.3 is 17.9 Å². The Bertz CT molecular complexity index is 1450. The second-order valence-corrected chi connectivity index (χ2v) is 21.6. The largest absolute Gasteiger partial charge is 0.462 e. The topological polar surface area (TPSA) is 78.9 Å². The van der Waals surface area contributed by atoms with Crippen LogP contribution in [-0.2, 0) is 28.6 Å². The molecule has 0 spiro atoms. The Morgan fingerprint density at radius 3 is 0.855 bits per heavy atom. The summed E-state index contributed by atoms with van der Waals surface area (Å²) in [4.78, 5) is 38.3. The van der Waals surface area contributed by atoms with E-state index in [1.54, 1.807) is 0 Å². The number of hydrogen-bond acceptors (Lipinski definition) is 6. The highest BCUT2D eigenvalue weighted by atomic mass is 16.6. The van der Waals surface area contributed by atoms with Gasteiger partial charge in [0, 0.05) is 19.3 Å². The summed E-state index contributed by atoms with van der Waals surface area (Å²) in [5.41, 5.74) is 0. The summed E-state index contributed by atoms with van der Waals surface area (Å²) < 4.78 is 16.9. The highest BCUT2D eigenvalue weighted by Crippen LogP contribution is 2.17. The van der Waals surface area contributed by atoms with Crippen LogP contribution in [0.25, 0.3) is 0 Å². The van der Waals surface area contributed by atoms with Crippen LogP contribution in [0.1, 0.15) is 323 Å². The number of hydrogen-bond donors (Lipinski definition) is 0. The number of unbranched alkanes of at least 4 members (excludes halogenated alkanes) is 34. The third-order valence-corrected chi connectivity index (χ3v) is 14.1. The molecule has 0 aliphatic heterocycles. The Labute approximate surface area is 471 Å². The first-order chi connectivity index (χ1) is 37.5. The highest BCUT2D eigenvalue weighted by Gasteiger charge is 2.19. The van der Waals surface area contributed by atoms with E-state index in [-0.39, 0.29) is 37.5 Å². The summed E-state index contributed by atoms with van der Waals surface area (Å²) in [7, 11) is 0. The highest BCUT2D eigenvalue weighted by molar-refractivity contribution is 5.71. The average Bonchev–Trinajstić information content (AvgIpc) is 3.42. The van der Waals surface area contributed by atoms with E-state index in [2.05, 4.69) is 106 Å². The molecule has 6 nitrogen and oxygen atoms in total. The van der Waals surface area contributed by atoms with Gasteiger partial charge in [0.25, 0.3) is 0 Å². The minimum atomic E-state index is -0.800. The van der Waals surface area contributed by atoms with Crippen molar-refractivity contribution in [2.24, 2.45) is 0 Å². The van der Waals surface area contributed by atoms with E-state index in [0.717, 1.165) is 122 Å². The van der Waals surface area contributed by atoms with Crippen LogP contribution in [0.15, 0.2) is 85.1 Å². The molecule has 6 heteroatoms. The molecule has 0 N–H and O–H groups in total. The van der Waals surface area contributed by atoms with Gasteiger partial charge in [-0.05, 0) is 89.9 Å². The molecular formula is C70H122O6. The Morgan fingerprint density at radius 1 is 0.276 bits per heavy atom. The van der Waals surface area contributed by atoms with Gasteiger partial charge in [0.2, 0.25) is 0 Å². The fourth-order valence-corrected chi connectivity index (χ4v) is 9.25. The molecule has 0 aliphatic rings. The number of rotatable bonds is 59. The standard InChI is InChI=1S/C70H122O6/c1-4-7-10-13-16-19-22-25-28-30-32-33-34-35-36-37-39-40-42-45-48-51-54-57-60-63-69(72)75-66-67(65-74-68(71)62-59-56-53-50-47-44-27-24-21-18-15-12-9-6-3)76-70(73)64-61-58-55-52-49-46-43-41-38-31-29-26-23-20-17-14-11-8-5-2/h8,11,15,17-18,20,24,26-27,29,38,41,46,49,67H,4-7,9-10,12-14,16,19,21-23,25,28,30-37,39-40,42-45,47-48,50-66H2,1-3H3/b11-8-,18-15-,20-17-,27-24-,29-26-,41-38-,49-46-. The third-order valence-electron chi connectivity index (χ3n) is 14.1. The molecule has 0 rings (SSSR count). The number of esters is 3. The Balaban J connectivity index is 4.34. The maximum Gasteiger partial charge on any atom is 0.306 e. The van der Waals surface area contributed by atoms with Crippen molar-refractivity contribution in [2.75, 3.05) is 13.2 Å². The van der Waals surface area contributed by atoms with Crippen LogP contribution in [0.5, 0.6) is 0 Å². The zero-order chi connectivity index (χ0) is 55.0. The van der Waals surface area contributed by atoms with Crippen LogP contribution in [0.4, 0.5) is 0 Å². The predicted molar refractivity (Wildman–Crippen MR) is 330 cm³/mol. The second-order valence-electron chi connectivity index (χ2n) is 21.6. The molecule has 0 saturated carbocycles. The van der Waals surface area contributed by atoms with Crippen molar-refractivity contribution in [1.29, 1.82) is 0 Å². The SMILES string of the molecule is CC/C=C\C/C=C\C/C=C\C/C=C\C/C=C\CCCCCC(=O)OC(COC(=O)CCCCCCC/C=C\C/C=C\CCCC)COC(=O)CCCCCCCCCCCCCCCCCCCCCCCCCCC. The van der Waals surface area contributed by atoms with Crippen molar-refractivity contribution >= 4 is 17.9 Å². The van der Waals surface area contributed by atoms with E-state index in [1.165, 1.54) is 161 Å². The minimum Gasteiger partial charge on any atom is -0.462 e. The maximum atomic E-state index is 12.9. The molecule has 0 aromatic carbocycles. The van der Waals surface area contributed by atoms with E-state index in [1.807, 2.05) is 0 Å². The van der Waals surface area contributed by atoms with Gasteiger partial charge in [0.05, 0.1) is 0 Å². The van der Waals surface area contributed by atoms with Crippen molar-refractivity contribution in [3.05, 3.63) is 85.1 Å². The second kappa shape index (κ2) is 64.1. The quantitative estimate of drug-likeness (QED) is 0.0261. The van der Waals surface area contributed by atoms with Crippen molar-refractivity contribution in [1.82, 2.24) is 0 Å². The smallest absolute Gasteiger partial charge is 0.306 e. The van der Waals surface area contributed by atoms with E-state index >= 15 is 0 Å². The van der Waals surface area contributed by atoms with Crippen molar-refractivity contribution < 1.29 is 28.6 Å². The first-order valence-corrected chi connectivity index (χ1v) is 32.6. The lowest BCUT2D eigenvalue weighted by Gasteiger charge is -2.18. The number of carbonyl (C=O) groups excluding carboxylic acids is 3. The first kappa shape index (κ1) is 72.6. The van der Waals surface area contributed by atoms with Crippen molar-refractivity contribution in [2.45, 2.75) is 329 Å². The summed E-state index contributed by atoms with van der Waals surface area (Å²) >= 11 is 0. The molecule has 0 aliphatic carbocycles. The molecule has 0 bridgehead atoms. The lowest BCUT2D eigenvalue weighted by atomic mass is 10.0. The van der Waals surface area contributed by atoms with Crippen LogP contribution in [0, 0.1) is 0 Å². The predicted octanol–water partition coefficient (Wildman–Crippen LogP) is 22.3. The summed E-state index contributed by atoms with van der Waals surface area (Å²) in [5, 5.41) is 0. The monoisotopic (exact) mass is 1060 g/mol. The molecule has 0 heterocycles. The van der Waals surface area contributed by atoms with Gasteiger partial charge in [0.15, 0.2) is 6.10 Å². The summed E-state index contributed by atoms with van der Waals surface area (Å²) in [6.45, 7) is 6.49. The molecule has 0 fully saturated rings. The zero-order valence-corrected chi connectivity index (χ0v) is 50.3. The molecule has 1 unspecified atom stereocenters. The summed E-state index contributed by atoms with van der Waals surface area (Å²) in [6.07, 6.45) is 84.6. The van der Waals surface area contributed by atoms with Gasteiger partial charge in [-0.15, -0.1) is 0 Å². The fourth-order valence-electron chi connectivity index (χ4n) is 9.25. The van der Waals surface area contributed by atoms with Crippen LogP contribution >= 0.6 is 0 Å². The minimum absolute atomic E-state index is 0.0923. The van der Waals surface area contributed by atoms with Crippen LogP contribution < -0.4 is 0 Å². The summed E-state index contributed by atoms with van der Waals surface area (Å²) in [6, 6.07) is 0. The van der Waals surface area contributed by atoms with Crippen LogP contribution in [-0.4, -0.2) is 37.2 Å². The van der Waals surface area contributed by atoms with Gasteiger partial charge in [-0.2, -0.15) is 0 Å². The molecule has 0 aromatic rings. The van der Waals surface area contributed by atoms with Gasteiger partial charge < -0.3 is 14.2 Å². The molecule has 76 heavy (non-hydrogen) atoms. The maximum absolute atomic E-state index is 12.9. The molecule has 1 atom stereocenters. The number of carbonyl (C=O) groups is 3. The Morgan fingerprint density at radius 2 is 0.526 bits per heavy atom. The Hall–Kier alpha value is -3.41. The zero-order valence-electron chi connectivity index (χ0n) is 50.3. The summed E-state index contributed by atoms with van der Waals surface area (Å²) in [5.74, 6) is -0.926. The van der Waals surface area contributed by atoms with Gasteiger partial charge in [-0.1, -0.05) is 298 Å². The van der Waals surface area contributed by atoms with Crippen LogP contribution in [0.3, 0.4) is 0 Å². The number of allylic oxidation sites excluding steroid dienone is 14. The molecular weight excluding hydrogens is 937 g/mol. The molecule has 0 saturated heterocycles. The van der Waals surface area contributed by atoms with E-state index in [4.69, 9.17) is 14.2 Å². The van der Waals surface area contributed by atoms with E-state index in [9.17, 15) is 14.4 Å². The van der Waals surface area contributed by atoms with Crippen LogP contribution in [0.2, 0.25) is 0 Å². The third kappa shape index (κ3) is 61.4. The number of ether oxygens (including phenoxy) is 3. The normalized spacial score (nSPS) is 12.6. The first-order valence-electron chi connectivity index (χ1n) is 32.6. The van der Waals surface area contributed by atoms with Gasteiger partial charge in [0.1, 0.15) is 13.2 Å². The fraction of sp³-hybridized carbons (Fsp3) is 0.757. The molecule has 0 amide bonds. The van der Waals surface area contributed by atoms with Crippen molar-refractivity contribution in [3.8, 4) is 0 Å². The lowest BCUT2D eigenvalue weighted by molar-refractivity contribution is -0.167. The van der Waals surface area contributed by atoms with Gasteiger partial charge in [-0.3, -0.25) is 14.4 Å².